The maximum atomic E-state index is 13.7. The maximum Gasteiger partial charge on any atom is 0.418 e. The Labute approximate surface area is 186 Å². The summed E-state index contributed by atoms with van der Waals surface area (Å²) in [5, 5.41) is 0.276. The predicted molar refractivity (Wildman–Crippen MR) is 111 cm³/mol. The lowest BCUT2D eigenvalue weighted by molar-refractivity contribution is -0.139. The second-order valence-electron chi connectivity index (χ2n) is 8.27. The monoisotopic (exact) mass is 473 g/mol. The highest BCUT2D eigenvalue weighted by Gasteiger charge is 2.37. The van der Waals surface area contributed by atoms with Crippen molar-refractivity contribution in [2.45, 2.75) is 51.4 Å². The number of halogens is 7. The molecule has 0 spiro atoms. The average Bonchev–Trinajstić information content (AvgIpc) is 2.70. The Morgan fingerprint density at radius 3 is 2.06 bits per heavy atom. The van der Waals surface area contributed by atoms with Gasteiger partial charge in [0, 0.05) is 17.0 Å². The molecule has 0 saturated heterocycles. The fourth-order valence-corrected chi connectivity index (χ4v) is 3.98. The third-order valence-corrected chi connectivity index (χ3v) is 5.43. The van der Waals surface area contributed by atoms with Gasteiger partial charge in [-0.3, -0.25) is 4.98 Å². The van der Waals surface area contributed by atoms with Gasteiger partial charge in [-0.1, -0.05) is 32.9 Å². The summed E-state index contributed by atoms with van der Waals surface area (Å²) >= 11 is 0. The van der Waals surface area contributed by atoms with E-state index in [-0.39, 0.29) is 28.8 Å². The van der Waals surface area contributed by atoms with Gasteiger partial charge < -0.3 is 4.74 Å². The summed E-state index contributed by atoms with van der Waals surface area (Å²) in [5.74, 6) is -2.49. The highest BCUT2D eigenvalue weighted by molar-refractivity contribution is 5.80. The molecule has 0 radical (unpaired) electrons. The molecule has 178 valence electrons. The first kappa shape index (κ1) is 24.8. The highest BCUT2D eigenvalue weighted by Crippen LogP contribution is 2.42. The molecule has 3 rings (SSSR count). The fourth-order valence-electron chi connectivity index (χ4n) is 3.98. The summed E-state index contributed by atoms with van der Waals surface area (Å²) in [6.45, 7) is 4.76. The Hall–Kier alpha value is -2.84. The minimum atomic E-state index is -4.79. The van der Waals surface area contributed by atoms with Gasteiger partial charge in [-0.05, 0) is 42.0 Å². The van der Waals surface area contributed by atoms with Crippen molar-refractivity contribution < 1.29 is 35.5 Å². The van der Waals surface area contributed by atoms with Crippen LogP contribution in [0.1, 0.15) is 60.6 Å². The van der Waals surface area contributed by atoms with Crippen molar-refractivity contribution in [2.75, 3.05) is 7.11 Å². The molecule has 0 saturated carbocycles. The van der Waals surface area contributed by atoms with E-state index in [0.717, 1.165) is 19.2 Å². The van der Waals surface area contributed by atoms with Crippen molar-refractivity contribution in [3.05, 3.63) is 70.2 Å². The minimum Gasteiger partial charge on any atom is -0.496 e. The van der Waals surface area contributed by atoms with Gasteiger partial charge in [0.25, 0.3) is 0 Å². The fraction of sp³-hybridized carbons (Fsp3) is 0.375. The largest absolute Gasteiger partial charge is 0.496 e. The number of alkyl halides is 6. The molecule has 0 bridgehead atoms. The highest BCUT2D eigenvalue weighted by atomic mass is 19.4. The third kappa shape index (κ3) is 5.23. The first-order chi connectivity index (χ1) is 15.2. The molecule has 3 aromatic rings. The van der Waals surface area contributed by atoms with Crippen LogP contribution in [0.25, 0.3) is 10.9 Å². The minimum absolute atomic E-state index is 0.0974. The molecule has 1 heterocycles. The summed E-state index contributed by atoms with van der Waals surface area (Å²) in [6, 6.07) is 6.96. The second kappa shape index (κ2) is 8.83. The summed E-state index contributed by atoms with van der Waals surface area (Å²) < 4.78 is 99.8. The number of fused-ring (bicyclic) bond motifs is 1. The topological polar surface area (TPSA) is 22.1 Å². The second-order valence-corrected chi connectivity index (χ2v) is 8.27. The maximum absolute atomic E-state index is 13.7. The van der Waals surface area contributed by atoms with Crippen molar-refractivity contribution in [3.8, 4) is 5.75 Å². The Bertz CT molecular complexity index is 1170. The Morgan fingerprint density at radius 2 is 1.52 bits per heavy atom. The van der Waals surface area contributed by atoms with E-state index >= 15 is 0 Å². The van der Waals surface area contributed by atoms with Gasteiger partial charge in [0.15, 0.2) is 0 Å². The molecular weight excluding hydrogens is 451 g/mol. The molecule has 0 aliphatic carbocycles. The quantitative estimate of drug-likeness (QED) is 0.352. The lowest BCUT2D eigenvalue weighted by Crippen LogP contribution is -2.14. The normalized spacial score (nSPS) is 13.6. The van der Waals surface area contributed by atoms with Crippen LogP contribution in [-0.4, -0.2) is 12.1 Å². The van der Waals surface area contributed by atoms with E-state index in [9.17, 15) is 30.7 Å². The lowest BCUT2D eigenvalue weighted by atomic mass is 9.88. The molecule has 1 unspecified atom stereocenters. The molecule has 2 nitrogen and oxygen atoms in total. The van der Waals surface area contributed by atoms with Crippen molar-refractivity contribution in [1.82, 2.24) is 4.98 Å². The van der Waals surface area contributed by atoms with E-state index in [1.165, 1.54) is 6.07 Å². The summed E-state index contributed by atoms with van der Waals surface area (Å²) in [7, 11) is 1.16. The molecule has 0 N–H and O–H groups in total. The number of nitrogens with zero attached hydrogens (tertiary/aromatic N) is 1. The molecular formula is C24H22F7NO. The van der Waals surface area contributed by atoms with Gasteiger partial charge in [-0.25, -0.2) is 4.39 Å². The summed E-state index contributed by atoms with van der Waals surface area (Å²) in [4.78, 5) is 4.21. The van der Waals surface area contributed by atoms with Crippen molar-refractivity contribution >= 4 is 10.9 Å². The van der Waals surface area contributed by atoms with Crippen LogP contribution in [0.3, 0.4) is 0 Å². The van der Waals surface area contributed by atoms with E-state index in [1.807, 2.05) is 0 Å². The zero-order chi connectivity index (χ0) is 24.7. The molecule has 1 atom stereocenters. The number of benzene rings is 2. The van der Waals surface area contributed by atoms with Crippen LogP contribution in [0.15, 0.2) is 36.4 Å². The van der Waals surface area contributed by atoms with E-state index in [4.69, 9.17) is 4.74 Å². The zero-order valence-electron chi connectivity index (χ0n) is 18.3. The number of hydrogen-bond donors (Lipinski definition) is 0. The zero-order valence-corrected chi connectivity index (χ0v) is 18.3. The first-order valence-electron chi connectivity index (χ1n) is 10.2. The van der Waals surface area contributed by atoms with E-state index in [0.29, 0.717) is 17.1 Å². The molecule has 0 amide bonds. The van der Waals surface area contributed by atoms with Crippen molar-refractivity contribution in [2.24, 2.45) is 0 Å². The molecule has 0 aliphatic heterocycles. The van der Waals surface area contributed by atoms with Crippen LogP contribution in [0.4, 0.5) is 30.7 Å². The Kier molecular flexibility index (Phi) is 6.64. The standard InChI is InChI=1S/C24H22F7NO/c1-12(2)22-18(24(29,30)31)9-15-6-5-14(8-19(15)32-22)7-13(3)21-17(23(26,27)28)10-16(25)11-20(21)33-4/h5-6,8-13H,7H2,1-4H3. The van der Waals surface area contributed by atoms with Crippen molar-refractivity contribution in [3.63, 3.8) is 0 Å². The number of aromatic nitrogens is 1. The molecule has 0 aliphatic rings. The van der Waals surface area contributed by atoms with Gasteiger partial charge in [-0.2, -0.15) is 26.3 Å². The van der Waals surface area contributed by atoms with Crippen molar-refractivity contribution in [1.29, 1.82) is 0 Å². The van der Waals surface area contributed by atoms with Gasteiger partial charge in [0.1, 0.15) is 11.6 Å². The number of pyridine rings is 1. The van der Waals surface area contributed by atoms with Crippen LogP contribution in [0.2, 0.25) is 0 Å². The number of ether oxygens (including phenoxy) is 1. The van der Waals surface area contributed by atoms with Crippen LogP contribution in [-0.2, 0) is 18.8 Å². The predicted octanol–water partition coefficient (Wildman–Crippen LogP) is 7.89. The third-order valence-electron chi connectivity index (χ3n) is 5.43. The van der Waals surface area contributed by atoms with Crippen LogP contribution in [0.5, 0.6) is 5.75 Å². The van der Waals surface area contributed by atoms with Gasteiger partial charge in [-0.15, -0.1) is 0 Å². The Balaban J connectivity index is 2.06. The molecule has 0 fully saturated rings. The number of rotatable bonds is 5. The van der Waals surface area contributed by atoms with E-state index in [2.05, 4.69) is 4.98 Å². The SMILES string of the molecule is COc1cc(F)cc(C(F)(F)F)c1C(C)Cc1ccc2cc(C(F)(F)F)c(C(C)C)nc2c1. The van der Waals surface area contributed by atoms with Gasteiger partial charge >= 0.3 is 12.4 Å². The van der Waals surface area contributed by atoms with Crippen LogP contribution < -0.4 is 4.74 Å². The smallest absolute Gasteiger partial charge is 0.418 e. The number of methoxy groups -OCH3 is 1. The van der Waals surface area contributed by atoms with Gasteiger partial charge in [0.2, 0.25) is 0 Å². The van der Waals surface area contributed by atoms with E-state index in [1.54, 1.807) is 32.9 Å². The first-order valence-corrected chi connectivity index (χ1v) is 10.2. The molecule has 33 heavy (non-hydrogen) atoms. The number of hydrogen-bond acceptors (Lipinski definition) is 2. The van der Waals surface area contributed by atoms with Crippen LogP contribution in [0, 0.1) is 5.82 Å². The lowest BCUT2D eigenvalue weighted by Gasteiger charge is -2.22. The van der Waals surface area contributed by atoms with Crippen LogP contribution >= 0.6 is 0 Å². The van der Waals surface area contributed by atoms with Gasteiger partial charge in [0.05, 0.1) is 29.4 Å². The summed E-state index contributed by atoms with van der Waals surface area (Å²) in [6.07, 6.45) is -9.23. The molecule has 2 aromatic carbocycles. The molecule has 9 heteroatoms. The average molecular weight is 473 g/mol. The van der Waals surface area contributed by atoms with E-state index < -0.39 is 41.1 Å². The summed E-state index contributed by atoms with van der Waals surface area (Å²) in [5.41, 5.74) is -1.32. The Morgan fingerprint density at radius 1 is 0.879 bits per heavy atom. The molecule has 1 aromatic heterocycles.